The van der Waals surface area contributed by atoms with Gasteiger partial charge in [0.05, 0.1) is 0 Å². The predicted octanol–water partition coefficient (Wildman–Crippen LogP) is 3.62. The van der Waals surface area contributed by atoms with Crippen molar-refractivity contribution in [2.75, 3.05) is 5.73 Å². The minimum Gasteiger partial charge on any atom is -0.454 e. The predicted molar refractivity (Wildman–Crippen MR) is 57.2 cm³/mol. The molecule has 2 nitrogen and oxygen atoms in total. The SMILES string of the molecule is Nc1ccc(Oc2cc(F)c(F)c(F)c2F)cc1. The van der Waals surface area contributed by atoms with Gasteiger partial charge in [0.15, 0.2) is 17.4 Å². The molecule has 0 saturated carbocycles. The van der Waals surface area contributed by atoms with Crippen LogP contribution in [0.4, 0.5) is 23.2 Å². The average Bonchev–Trinajstić information content (AvgIpc) is 2.36. The van der Waals surface area contributed by atoms with Crippen molar-refractivity contribution < 1.29 is 22.3 Å². The first-order valence-electron chi connectivity index (χ1n) is 4.85. The van der Waals surface area contributed by atoms with Gasteiger partial charge in [-0.1, -0.05) is 0 Å². The Labute approximate surface area is 99.6 Å². The van der Waals surface area contributed by atoms with E-state index in [9.17, 15) is 17.6 Å². The molecule has 0 aliphatic rings. The Kier molecular flexibility index (Phi) is 3.10. The molecule has 6 heteroatoms. The molecule has 0 spiro atoms. The summed E-state index contributed by atoms with van der Waals surface area (Å²) in [6.07, 6.45) is 0. The second-order valence-electron chi connectivity index (χ2n) is 3.47. The van der Waals surface area contributed by atoms with Crippen LogP contribution in [0.25, 0.3) is 0 Å². The number of nitrogens with two attached hydrogens (primary N) is 1. The zero-order chi connectivity index (χ0) is 13.3. The Bertz CT molecular complexity index is 584. The van der Waals surface area contributed by atoms with Gasteiger partial charge < -0.3 is 10.5 Å². The highest BCUT2D eigenvalue weighted by Crippen LogP contribution is 2.29. The molecule has 0 amide bonds. The molecule has 0 heterocycles. The second kappa shape index (κ2) is 4.56. The minimum absolute atomic E-state index is 0.119. The lowest BCUT2D eigenvalue weighted by Crippen LogP contribution is -1.99. The number of halogens is 4. The van der Waals surface area contributed by atoms with Crippen LogP contribution in [-0.2, 0) is 0 Å². The number of hydrogen-bond donors (Lipinski definition) is 1. The molecule has 0 fully saturated rings. The topological polar surface area (TPSA) is 35.2 Å². The molecule has 0 radical (unpaired) electrons. The normalized spacial score (nSPS) is 10.4. The lowest BCUT2D eigenvalue weighted by atomic mass is 10.2. The van der Waals surface area contributed by atoms with Gasteiger partial charge in [0.2, 0.25) is 11.6 Å². The van der Waals surface area contributed by atoms with Gasteiger partial charge >= 0.3 is 0 Å². The third-order valence-electron chi connectivity index (χ3n) is 2.18. The highest BCUT2D eigenvalue weighted by Gasteiger charge is 2.20. The van der Waals surface area contributed by atoms with Gasteiger partial charge in [-0.15, -0.1) is 0 Å². The first-order valence-corrected chi connectivity index (χ1v) is 4.85. The molecule has 2 aromatic carbocycles. The molecule has 0 bridgehead atoms. The average molecular weight is 257 g/mol. The molecule has 2 rings (SSSR count). The van der Waals surface area contributed by atoms with Crippen LogP contribution in [0, 0.1) is 23.3 Å². The summed E-state index contributed by atoms with van der Waals surface area (Å²) >= 11 is 0. The van der Waals surface area contributed by atoms with E-state index in [0.29, 0.717) is 11.8 Å². The summed E-state index contributed by atoms with van der Waals surface area (Å²) in [6, 6.07) is 6.12. The molecule has 2 aromatic rings. The van der Waals surface area contributed by atoms with Gasteiger partial charge in [-0.05, 0) is 24.3 Å². The number of nitrogen functional groups attached to an aromatic ring is 1. The van der Waals surface area contributed by atoms with Crippen molar-refractivity contribution in [3.05, 3.63) is 53.6 Å². The van der Waals surface area contributed by atoms with Crippen molar-refractivity contribution in [2.45, 2.75) is 0 Å². The standard InChI is InChI=1S/C12H7F4NO/c13-8-5-9(11(15)12(16)10(8)14)18-7-3-1-6(17)2-4-7/h1-5H,17H2. The van der Waals surface area contributed by atoms with E-state index in [1.165, 1.54) is 24.3 Å². The lowest BCUT2D eigenvalue weighted by molar-refractivity contribution is 0.371. The fourth-order valence-corrected chi connectivity index (χ4v) is 1.29. The molecule has 0 atom stereocenters. The van der Waals surface area contributed by atoms with E-state index in [0.717, 1.165) is 0 Å². The molecule has 18 heavy (non-hydrogen) atoms. The first kappa shape index (κ1) is 12.2. The molecule has 2 N–H and O–H groups in total. The third-order valence-corrected chi connectivity index (χ3v) is 2.18. The molecule has 0 unspecified atom stereocenters. The fourth-order valence-electron chi connectivity index (χ4n) is 1.29. The summed E-state index contributed by atoms with van der Waals surface area (Å²) in [4.78, 5) is 0. The maximum atomic E-state index is 13.3. The van der Waals surface area contributed by atoms with Crippen molar-refractivity contribution in [1.82, 2.24) is 0 Å². The van der Waals surface area contributed by atoms with E-state index in [2.05, 4.69) is 0 Å². The first-order chi connectivity index (χ1) is 8.49. The Morgan fingerprint density at radius 2 is 1.44 bits per heavy atom. The number of benzene rings is 2. The summed E-state index contributed by atoms with van der Waals surface area (Å²) in [5, 5.41) is 0. The van der Waals surface area contributed by atoms with Crippen LogP contribution in [0.3, 0.4) is 0 Å². The second-order valence-corrected chi connectivity index (χ2v) is 3.47. The van der Waals surface area contributed by atoms with Gasteiger partial charge in [0, 0.05) is 11.8 Å². The van der Waals surface area contributed by atoms with Crippen molar-refractivity contribution >= 4 is 5.69 Å². The van der Waals surface area contributed by atoms with Gasteiger partial charge in [0.25, 0.3) is 0 Å². The van der Waals surface area contributed by atoms with Crippen molar-refractivity contribution in [1.29, 1.82) is 0 Å². The smallest absolute Gasteiger partial charge is 0.204 e. The maximum absolute atomic E-state index is 13.3. The highest BCUT2D eigenvalue weighted by molar-refractivity contribution is 5.43. The number of ether oxygens (including phenoxy) is 1. The zero-order valence-electron chi connectivity index (χ0n) is 8.88. The van der Waals surface area contributed by atoms with Crippen LogP contribution < -0.4 is 10.5 Å². The monoisotopic (exact) mass is 257 g/mol. The quantitative estimate of drug-likeness (QED) is 0.386. The molecule has 0 aliphatic heterocycles. The van der Waals surface area contributed by atoms with E-state index >= 15 is 0 Å². The number of rotatable bonds is 2. The molecular weight excluding hydrogens is 250 g/mol. The molecule has 0 aliphatic carbocycles. The van der Waals surface area contributed by atoms with Crippen LogP contribution in [0.2, 0.25) is 0 Å². The van der Waals surface area contributed by atoms with E-state index in [1.54, 1.807) is 0 Å². The summed E-state index contributed by atoms with van der Waals surface area (Å²) < 4.78 is 56.7. The van der Waals surface area contributed by atoms with Crippen molar-refractivity contribution in [3.8, 4) is 11.5 Å². The van der Waals surface area contributed by atoms with Gasteiger partial charge in [-0.3, -0.25) is 0 Å². The van der Waals surface area contributed by atoms with Gasteiger partial charge in [-0.2, -0.15) is 4.39 Å². The fraction of sp³-hybridized carbons (Fsp3) is 0. The van der Waals surface area contributed by atoms with Crippen LogP contribution >= 0.6 is 0 Å². The summed E-state index contributed by atoms with van der Waals surface area (Å²) in [6.45, 7) is 0. The van der Waals surface area contributed by atoms with Crippen LogP contribution in [-0.4, -0.2) is 0 Å². The van der Waals surface area contributed by atoms with Crippen molar-refractivity contribution in [3.63, 3.8) is 0 Å². The van der Waals surface area contributed by atoms with E-state index in [4.69, 9.17) is 10.5 Å². The van der Waals surface area contributed by atoms with E-state index < -0.39 is 29.0 Å². The summed E-state index contributed by atoms with van der Waals surface area (Å²) in [5.74, 6) is -7.53. The Hall–Kier alpha value is -2.24. The van der Waals surface area contributed by atoms with Crippen LogP contribution in [0.1, 0.15) is 0 Å². The number of hydrogen-bond acceptors (Lipinski definition) is 2. The Morgan fingerprint density at radius 1 is 0.833 bits per heavy atom. The Balaban J connectivity index is 2.38. The number of anilines is 1. The molecule has 0 aromatic heterocycles. The summed E-state index contributed by atoms with van der Waals surface area (Å²) in [5.41, 5.74) is 5.86. The van der Waals surface area contributed by atoms with E-state index in [-0.39, 0.29) is 5.75 Å². The van der Waals surface area contributed by atoms with Crippen LogP contribution in [0.15, 0.2) is 30.3 Å². The van der Waals surface area contributed by atoms with Crippen LogP contribution in [0.5, 0.6) is 11.5 Å². The molecular formula is C12H7F4NO. The van der Waals surface area contributed by atoms with Gasteiger partial charge in [0.1, 0.15) is 5.75 Å². The Morgan fingerprint density at radius 3 is 2.06 bits per heavy atom. The maximum Gasteiger partial charge on any atom is 0.204 e. The largest absolute Gasteiger partial charge is 0.454 e. The zero-order valence-corrected chi connectivity index (χ0v) is 8.88. The van der Waals surface area contributed by atoms with E-state index in [1.807, 2.05) is 0 Å². The van der Waals surface area contributed by atoms with Gasteiger partial charge in [-0.25, -0.2) is 13.2 Å². The third kappa shape index (κ3) is 2.22. The van der Waals surface area contributed by atoms with Crippen molar-refractivity contribution in [2.24, 2.45) is 0 Å². The highest BCUT2D eigenvalue weighted by atomic mass is 19.2. The summed E-state index contributed by atoms with van der Waals surface area (Å²) in [7, 11) is 0. The molecule has 94 valence electrons. The molecule has 0 saturated heterocycles. The lowest BCUT2D eigenvalue weighted by Gasteiger charge is -2.08. The minimum atomic E-state index is -1.92.